The summed E-state index contributed by atoms with van der Waals surface area (Å²) in [5.41, 5.74) is 2.81. The fourth-order valence-electron chi connectivity index (χ4n) is 2.84. The number of benzene rings is 1. The van der Waals surface area contributed by atoms with Gasteiger partial charge in [0, 0.05) is 49.8 Å². The maximum absolute atomic E-state index is 12.5. The number of unbranched alkanes of at least 4 members (excludes halogenated alkanes) is 1. The Morgan fingerprint density at radius 1 is 1.08 bits per heavy atom. The maximum atomic E-state index is 12.5. The molecule has 0 saturated heterocycles. The van der Waals surface area contributed by atoms with Gasteiger partial charge in [-0.25, -0.2) is 4.98 Å². The second kappa shape index (κ2) is 9.80. The van der Waals surface area contributed by atoms with E-state index in [9.17, 15) is 4.79 Å². The molecule has 1 aromatic carbocycles. The smallest absolute Gasteiger partial charge is 0.253 e. The average molecular weight is 354 g/mol. The Bertz CT molecular complexity index is 695. The van der Waals surface area contributed by atoms with Gasteiger partial charge in [-0.15, -0.1) is 0 Å². The molecule has 2 rings (SSSR count). The number of nitrogens with zero attached hydrogens (tertiary/aromatic N) is 3. The molecular weight excluding hydrogens is 324 g/mol. The predicted octanol–water partition coefficient (Wildman–Crippen LogP) is 4.54. The van der Waals surface area contributed by atoms with Gasteiger partial charge >= 0.3 is 0 Å². The van der Waals surface area contributed by atoms with Crippen molar-refractivity contribution in [1.82, 2.24) is 9.88 Å². The second-order valence-electron chi connectivity index (χ2n) is 6.35. The first kappa shape index (κ1) is 19.8. The van der Waals surface area contributed by atoms with Gasteiger partial charge in [0.05, 0.1) is 0 Å². The molecule has 0 fully saturated rings. The summed E-state index contributed by atoms with van der Waals surface area (Å²) < 4.78 is 0. The van der Waals surface area contributed by atoms with Crippen LogP contribution in [0.5, 0.6) is 0 Å². The van der Waals surface area contributed by atoms with E-state index in [-0.39, 0.29) is 5.91 Å². The molecule has 0 radical (unpaired) electrons. The molecule has 0 unspecified atom stereocenters. The van der Waals surface area contributed by atoms with Gasteiger partial charge in [0.15, 0.2) is 0 Å². The molecule has 0 spiro atoms. The van der Waals surface area contributed by atoms with Gasteiger partial charge in [0.1, 0.15) is 5.82 Å². The van der Waals surface area contributed by atoms with E-state index < -0.39 is 0 Å². The molecule has 0 atom stereocenters. The third-order valence-electron chi connectivity index (χ3n) is 4.47. The molecule has 1 aromatic heterocycles. The van der Waals surface area contributed by atoms with Crippen molar-refractivity contribution >= 4 is 23.1 Å². The number of carbonyl (C=O) groups excluding carboxylic acids is 1. The molecule has 0 aliphatic carbocycles. The van der Waals surface area contributed by atoms with Crippen LogP contribution in [0.4, 0.5) is 17.2 Å². The highest BCUT2D eigenvalue weighted by Gasteiger charge is 2.12. The van der Waals surface area contributed by atoms with E-state index in [0.29, 0.717) is 11.4 Å². The molecule has 140 valence electrons. The van der Waals surface area contributed by atoms with Crippen molar-refractivity contribution < 1.29 is 4.79 Å². The van der Waals surface area contributed by atoms with Crippen molar-refractivity contribution in [2.24, 2.45) is 0 Å². The van der Waals surface area contributed by atoms with Gasteiger partial charge in [0.25, 0.3) is 5.91 Å². The first-order valence-electron chi connectivity index (χ1n) is 9.42. The van der Waals surface area contributed by atoms with Crippen LogP contribution in [-0.2, 0) is 0 Å². The number of anilines is 3. The van der Waals surface area contributed by atoms with E-state index in [1.807, 2.05) is 25.2 Å². The van der Waals surface area contributed by atoms with Crippen molar-refractivity contribution in [3.63, 3.8) is 0 Å². The summed E-state index contributed by atoms with van der Waals surface area (Å²) in [5.74, 6) is 0.705. The summed E-state index contributed by atoms with van der Waals surface area (Å²) in [6.45, 7) is 9.17. The highest BCUT2D eigenvalue weighted by Crippen LogP contribution is 2.21. The zero-order valence-corrected chi connectivity index (χ0v) is 16.3. The first-order valence-corrected chi connectivity index (χ1v) is 9.42. The SMILES string of the molecule is CCCCN(C)C(=O)c1ccnc(Nc2ccc(N(CC)CC)cc2)c1. The van der Waals surface area contributed by atoms with Crippen molar-refractivity contribution in [3.05, 3.63) is 48.2 Å². The summed E-state index contributed by atoms with van der Waals surface area (Å²) in [6, 6.07) is 11.8. The molecule has 2 aromatic rings. The molecule has 0 aliphatic heterocycles. The zero-order chi connectivity index (χ0) is 18.9. The van der Waals surface area contributed by atoms with Crippen molar-refractivity contribution in [1.29, 1.82) is 0 Å². The summed E-state index contributed by atoms with van der Waals surface area (Å²) >= 11 is 0. The van der Waals surface area contributed by atoms with E-state index >= 15 is 0 Å². The molecule has 26 heavy (non-hydrogen) atoms. The topological polar surface area (TPSA) is 48.5 Å². The van der Waals surface area contributed by atoms with Crippen LogP contribution in [0.15, 0.2) is 42.6 Å². The number of nitrogens with one attached hydrogen (secondary N) is 1. The third kappa shape index (κ3) is 5.22. The number of amides is 1. The van der Waals surface area contributed by atoms with E-state index in [1.54, 1.807) is 17.2 Å². The van der Waals surface area contributed by atoms with Crippen LogP contribution in [0.1, 0.15) is 44.0 Å². The Balaban J connectivity index is 2.07. The molecule has 0 aliphatic rings. The number of carbonyl (C=O) groups is 1. The molecule has 0 saturated carbocycles. The lowest BCUT2D eigenvalue weighted by atomic mass is 10.2. The Kier molecular flexibility index (Phi) is 7.45. The summed E-state index contributed by atoms with van der Waals surface area (Å²) in [5, 5.41) is 3.28. The number of pyridine rings is 1. The maximum Gasteiger partial charge on any atom is 0.253 e. The van der Waals surface area contributed by atoms with Gasteiger partial charge in [-0.2, -0.15) is 0 Å². The fraction of sp³-hybridized carbons (Fsp3) is 0.429. The normalized spacial score (nSPS) is 10.5. The lowest BCUT2D eigenvalue weighted by Gasteiger charge is -2.21. The number of hydrogen-bond acceptors (Lipinski definition) is 4. The van der Waals surface area contributed by atoms with Crippen LogP contribution in [0.3, 0.4) is 0 Å². The monoisotopic (exact) mass is 354 g/mol. The molecule has 1 heterocycles. The minimum Gasteiger partial charge on any atom is -0.372 e. The fourth-order valence-corrected chi connectivity index (χ4v) is 2.84. The summed E-state index contributed by atoms with van der Waals surface area (Å²) in [6.07, 6.45) is 3.76. The molecule has 0 bridgehead atoms. The van der Waals surface area contributed by atoms with E-state index in [4.69, 9.17) is 0 Å². The third-order valence-corrected chi connectivity index (χ3v) is 4.47. The summed E-state index contributed by atoms with van der Waals surface area (Å²) in [7, 11) is 1.84. The molecule has 1 N–H and O–H groups in total. The lowest BCUT2D eigenvalue weighted by Crippen LogP contribution is -2.27. The van der Waals surface area contributed by atoms with Gasteiger partial charge in [0.2, 0.25) is 0 Å². The Morgan fingerprint density at radius 3 is 2.38 bits per heavy atom. The predicted molar refractivity (Wildman–Crippen MR) is 109 cm³/mol. The molecular formula is C21H30N4O. The van der Waals surface area contributed by atoms with E-state index in [2.05, 4.69) is 48.1 Å². The van der Waals surface area contributed by atoms with Crippen molar-refractivity contribution in [2.75, 3.05) is 36.9 Å². The van der Waals surface area contributed by atoms with E-state index in [1.165, 1.54) is 5.69 Å². The number of rotatable bonds is 9. The Hall–Kier alpha value is -2.56. The van der Waals surface area contributed by atoms with Crippen LogP contribution >= 0.6 is 0 Å². The van der Waals surface area contributed by atoms with Gasteiger partial charge in [-0.1, -0.05) is 13.3 Å². The van der Waals surface area contributed by atoms with Crippen LogP contribution in [-0.4, -0.2) is 42.5 Å². The highest BCUT2D eigenvalue weighted by atomic mass is 16.2. The second-order valence-corrected chi connectivity index (χ2v) is 6.35. The summed E-state index contributed by atoms with van der Waals surface area (Å²) in [4.78, 5) is 20.9. The number of aromatic nitrogens is 1. The molecule has 1 amide bonds. The molecule has 5 nitrogen and oxygen atoms in total. The Labute approximate surface area is 157 Å². The largest absolute Gasteiger partial charge is 0.372 e. The lowest BCUT2D eigenvalue weighted by molar-refractivity contribution is 0.0793. The van der Waals surface area contributed by atoms with Crippen molar-refractivity contribution in [2.45, 2.75) is 33.6 Å². The van der Waals surface area contributed by atoms with Crippen LogP contribution in [0.25, 0.3) is 0 Å². The quantitative estimate of drug-likeness (QED) is 0.718. The minimum absolute atomic E-state index is 0.0285. The van der Waals surface area contributed by atoms with Crippen LogP contribution in [0.2, 0.25) is 0 Å². The average Bonchev–Trinajstić information content (AvgIpc) is 2.68. The molecule has 5 heteroatoms. The van der Waals surface area contributed by atoms with Crippen LogP contribution in [0, 0.1) is 0 Å². The van der Waals surface area contributed by atoms with Crippen LogP contribution < -0.4 is 10.2 Å². The Morgan fingerprint density at radius 2 is 1.77 bits per heavy atom. The van der Waals surface area contributed by atoms with Crippen molar-refractivity contribution in [3.8, 4) is 0 Å². The van der Waals surface area contributed by atoms with Gasteiger partial charge in [-0.3, -0.25) is 4.79 Å². The standard InChI is InChI=1S/C21H30N4O/c1-5-8-15-24(4)21(26)17-13-14-22-20(16-17)23-18-9-11-19(12-10-18)25(6-2)7-3/h9-14,16H,5-8,15H2,1-4H3,(H,22,23). The highest BCUT2D eigenvalue weighted by molar-refractivity contribution is 5.94. The van der Waals surface area contributed by atoms with Gasteiger partial charge < -0.3 is 15.1 Å². The zero-order valence-electron chi connectivity index (χ0n) is 16.3. The van der Waals surface area contributed by atoms with Gasteiger partial charge in [-0.05, 0) is 56.7 Å². The number of hydrogen-bond donors (Lipinski definition) is 1. The minimum atomic E-state index is 0.0285. The first-order chi connectivity index (χ1) is 12.6. The van der Waals surface area contributed by atoms with E-state index in [0.717, 1.165) is 38.2 Å².